The van der Waals surface area contributed by atoms with Gasteiger partial charge in [-0.1, -0.05) is 17.4 Å². The number of nitro groups is 2. The summed E-state index contributed by atoms with van der Waals surface area (Å²) in [6, 6.07) is 7.88. The van der Waals surface area contributed by atoms with Crippen LogP contribution in [0.2, 0.25) is 0 Å². The lowest BCUT2D eigenvalue weighted by molar-refractivity contribution is -0.385. The van der Waals surface area contributed by atoms with Crippen molar-refractivity contribution in [1.82, 2.24) is 9.88 Å². The van der Waals surface area contributed by atoms with E-state index in [0.717, 1.165) is 22.3 Å². The zero-order valence-electron chi connectivity index (χ0n) is 15.4. The van der Waals surface area contributed by atoms with E-state index >= 15 is 0 Å². The van der Waals surface area contributed by atoms with Crippen molar-refractivity contribution >= 4 is 55.8 Å². The second kappa shape index (κ2) is 7.53. The highest BCUT2D eigenvalue weighted by Crippen LogP contribution is 2.31. The fraction of sp³-hybridized carbons (Fsp3) is 0.111. The van der Waals surface area contributed by atoms with Gasteiger partial charge in [-0.15, -0.1) is 0 Å². The zero-order chi connectivity index (χ0) is 22.3. The van der Waals surface area contributed by atoms with Crippen LogP contribution >= 0.6 is 11.3 Å². The van der Waals surface area contributed by atoms with Gasteiger partial charge in [-0.25, -0.2) is 4.98 Å². The van der Waals surface area contributed by atoms with Crippen LogP contribution in [0.5, 0.6) is 0 Å². The number of anilines is 1. The largest absolute Gasteiger partial charge is 0.302 e. The van der Waals surface area contributed by atoms with Gasteiger partial charge in [-0.3, -0.25) is 39.5 Å². The Labute approximate surface area is 176 Å². The van der Waals surface area contributed by atoms with Crippen LogP contribution in [-0.4, -0.2) is 44.0 Å². The number of rotatable bonds is 6. The van der Waals surface area contributed by atoms with Gasteiger partial charge in [0.05, 0.1) is 25.6 Å². The van der Waals surface area contributed by atoms with E-state index in [-0.39, 0.29) is 34.9 Å². The number of nitrogens with one attached hydrogen (secondary N) is 1. The number of aromatic nitrogens is 1. The van der Waals surface area contributed by atoms with Gasteiger partial charge in [0.2, 0.25) is 5.91 Å². The quantitative estimate of drug-likeness (QED) is 0.346. The number of nitro benzene ring substituents is 2. The first-order valence-corrected chi connectivity index (χ1v) is 9.56. The van der Waals surface area contributed by atoms with Gasteiger partial charge in [-0.2, -0.15) is 0 Å². The number of imide groups is 1. The minimum atomic E-state index is -0.826. The summed E-state index contributed by atoms with van der Waals surface area (Å²) < 4.78 is 0.511. The SMILES string of the molecule is O=C(CCN1C(=O)c2cccc([N+](=O)[O-])c2C1=O)Nc1nc2ccc([N+](=O)[O-])cc2s1. The monoisotopic (exact) mass is 441 g/mol. The van der Waals surface area contributed by atoms with Gasteiger partial charge in [0, 0.05) is 31.2 Å². The maximum absolute atomic E-state index is 12.5. The summed E-state index contributed by atoms with van der Waals surface area (Å²) in [6.07, 6.45) is -0.255. The average Bonchev–Trinajstić information content (AvgIpc) is 3.24. The number of carbonyl (C=O) groups excluding carboxylic acids is 3. The highest BCUT2D eigenvalue weighted by molar-refractivity contribution is 7.22. The highest BCUT2D eigenvalue weighted by atomic mass is 32.1. The van der Waals surface area contributed by atoms with Crippen molar-refractivity contribution in [2.45, 2.75) is 6.42 Å². The van der Waals surface area contributed by atoms with Crippen molar-refractivity contribution < 1.29 is 24.2 Å². The first-order chi connectivity index (χ1) is 14.8. The molecule has 0 aliphatic carbocycles. The molecule has 0 radical (unpaired) electrons. The van der Waals surface area contributed by atoms with Crippen LogP contribution in [0, 0.1) is 20.2 Å². The number of amides is 3. The summed E-state index contributed by atoms with van der Waals surface area (Å²) >= 11 is 1.04. The minimum Gasteiger partial charge on any atom is -0.302 e. The van der Waals surface area contributed by atoms with Crippen LogP contribution in [0.25, 0.3) is 10.2 Å². The van der Waals surface area contributed by atoms with Gasteiger partial charge in [0.15, 0.2) is 5.13 Å². The predicted molar refractivity (Wildman–Crippen MR) is 108 cm³/mol. The van der Waals surface area contributed by atoms with Gasteiger partial charge in [-0.05, 0) is 12.1 Å². The molecule has 31 heavy (non-hydrogen) atoms. The van der Waals surface area contributed by atoms with Gasteiger partial charge >= 0.3 is 0 Å². The number of carbonyl (C=O) groups is 3. The molecule has 1 aliphatic rings. The molecule has 1 N–H and O–H groups in total. The van der Waals surface area contributed by atoms with E-state index in [4.69, 9.17) is 0 Å². The molecule has 0 fully saturated rings. The standard InChI is InChI=1S/C18H11N5O7S/c24-14(20-18-19-11-5-4-9(22(27)28)8-13(11)31-18)6-7-21-16(25)10-2-1-3-12(23(29)30)15(10)17(21)26/h1-5,8H,6-7H2,(H,19,20,24). The molecule has 2 aromatic carbocycles. The summed E-state index contributed by atoms with van der Waals surface area (Å²) in [6.45, 7) is -0.272. The molecule has 12 nitrogen and oxygen atoms in total. The summed E-state index contributed by atoms with van der Waals surface area (Å²) in [5.41, 5.74) is -0.461. The molecular weight excluding hydrogens is 430 g/mol. The van der Waals surface area contributed by atoms with Crippen molar-refractivity contribution in [2.75, 3.05) is 11.9 Å². The van der Waals surface area contributed by atoms with Gasteiger partial charge in [0.25, 0.3) is 23.2 Å². The zero-order valence-corrected chi connectivity index (χ0v) is 16.2. The van der Waals surface area contributed by atoms with Crippen molar-refractivity contribution in [1.29, 1.82) is 0 Å². The number of nitrogens with zero attached hydrogens (tertiary/aromatic N) is 4. The molecular formula is C18H11N5O7S. The lowest BCUT2D eigenvalue weighted by Gasteiger charge is -2.12. The molecule has 2 heterocycles. The fourth-order valence-corrected chi connectivity index (χ4v) is 4.06. The number of thiazole rings is 1. The molecule has 0 saturated carbocycles. The molecule has 0 spiro atoms. The Morgan fingerprint density at radius 3 is 2.58 bits per heavy atom. The third-order valence-corrected chi connectivity index (χ3v) is 5.50. The topological polar surface area (TPSA) is 166 Å². The van der Waals surface area contributed by atoms with Crippen molar-refractivity contribution in [3.8, 4) is 0 Å². The Balaban J connectivity index is 1.44. The molecule has 156 valence electrons. The first-order valence-electron chi connectivity index (χ1n) is 8.74. The number of fused-ring (bicyclic) bond motifs is 2. The molecule has 0 bridgehead atoms. The van der Waals surface area contributed by atoms with Crippen LogP contribution < -0.4 is 5.32 Å². The lowest BCUT2D eigenvalue weighted by Crippen LogP contribution is -2.33. The van der Waals surface area contributed by atoms with Crippen LogP contribution in [0.3, 0.4) is 0 Å². The van der Waals surface area contributed by atoms with Crippen molar-refractivity contribution in [3.05, 3.63) is 67.8 Å². The Hall–Kier alpha value is -4.26. The normalized spacial score (nSPS) is 12.8. The maximum atomic E-state index is 12.5. The summed E-state index contributed by atoms with van der Waals surface area (Å²) in [5.74, 6) is -2.07. The maximum Gasteiger partial charge on any atom is 0.282 e. The Morgan fingerprint density at radius 2 is 1.87 bits per heavy atom. The molecule has 1 aliphatic heterocycles. The van der Waals surface area contributed by atoms with E-state index in [1.807, 2.05) is 0 Å². The van der Waals surface area contributed by atoms with E-state index < -0.39 is 33.3 Å². The molecule has 0 atom stereocenters. The molecule has 3 amide bonds. The molecule has 0 saturated heterocycles. The molecule has 13 heteroatoms. The summed E-state index contributed by atoms with van der Waals surface area (Å²) in [4.78, 5) is 62.9. The van der Waals surface area contributed by atoms with Crippen LogP contribution in [0.4, 0.5) is 16.5 Å². The number of benzene rings is 2. The smallest absolute Gasteiger partial charge is 0.282 e. The predicted octanol–water partition coefficient (Wildman–Crippen LogP) is 2.74. The Morgan fingerprint density at radius 1 is 1.10 bits per heavy atom. The Bertz CT molecular complexity index is 1300. The third-order valence-electron chi connectivity index (χ3n) is 4.57. The third kappa shape index (κ3) is 3.57. The number of hydrogen-bond donors (Lipinski definition) is 1. The Kier molecular flexibility index (Phi) is 4.87. The van der Waals surface area contributed by atoms with E-state index in [1.165, 1.54) is 30.3 Å². The lowest BCUT2D eigenvalue weighted by atomic mass is 10.1. The molecule has 1 aromatic heterocycles. The fourth-order valence-electron chi connectivity index (χ4n) is 3.15. The van der Waals surface area contributed by atoms with Gasteiger partial charge < -0.3 is 5.32 Å². The van der Waals surface area contributed by atoms with Crippen LogP contribution in [0.15, 0.2) is 36.4 Å². The summed E-state index contributed by atoms with van der Waals surface area (Å²) in [7, 11) is 0. The van der Waals surface area contributed by atoms with E-state index in [0.29, 0.717) is 10.2 Å². The number of hydrogen-bond acceptors (Lipinski definition) is 9. The van der Waals surface area contributed by atoms with Crippen molar-refractivity contribution in [3.63, 3.8) is 0 Å². The second-order valence-electron chi connectivity index (χ2n) is 6.45. The summed E-state index contributed by atoms with van der Waals surface area (Å²) in [5, 5.41) is 24.7. The van der Waals surface area contributed by atoms with Crippen molar-refractivity contribution in [2.24, 2.45) is 0 Å². The van der Waals surface area contributed by atoms with E-state index in [1.54, 1.807) is 0 Å². The first kappa shape index (κ1) is 20.0. The molecule has 0 unspecified atom stereocenters. The highest BCUT2D eigenvalue weighted by Gasteiger charge is 2.40. The van der Waals surface area contributed by atoms with E-state index in [9.17, 15) is 34.6 Å². The van der Waals surface area contributed by atoms with Crippen LogP contribution in [0.1, 0.15) is 27.1 Å². The number of non-ortho nitro benzene ring substituents is 1. The van der Waals surface area contributed by atoms with Crippen LogP contribution in [-0.2, 0) is 4.79 Å². The van der Waals surface area contributed by atoms with E-state index in [2.05, 4.69) is 10.3 Å². The molecule has 4 rings (SSSR count). The second-order valence-corrected chi connectivity index (χ2v) is 7.48. The molecule has 3 aromatic rings. The minimum absolute atomic E-state index is 0.0765. The van der Waals surface area contributed by atoms with Gasteiger partial charge in [0.1, 0.15) is 5.56 Å². The average molecular weight is 441 g/mol.